The maximum Gasteiger partial charge on any atom is 0.109 e. The van der Waals surface area contributed by atoms with Gasteiger partial charge >= 0.3 is 0 Å². The summed E-state index contributed by atoms with van der Waals surface area (Å²) in [5.41, 5.74) is 1.30. The van der Waals surface area contributed by atoms with E-state index in [9.17, 15) is 0 Å². The molecule has 1 nitrogen and oxygen atoms in total. The van der Waals surface area contributed by atoms with Gasteiger partial charge in [0.05, 0.1) is 6.10 Å². The summed E-state index contributed by atoms with van der Waals surface area (Å²) >= 11 is 0. The fourth-order valence-corrected chi connectivity index (χ4v) is 1.18. The number of hydrogen-bond donors (Lipinski definition) is 0. The molecule has 0 saturated carbocycles. The number of benzene rings is 1. The Bertz CT molecular complexity index is 217. The molecule has 0 amide bonds. The fourth-order valence-electron chi connectivity index (χ4n) is 1.18. The molecule has 0 aliphatic carbocycles. The summed E-state index contributed by atoms with van der Waals surface area (Å²) in [4.78, 5) is 0. The first kappa shape index (κ1) is 5.93. The molecule has 1 aromatic rings. The molecule has 0 radical (unpaired) electrons. The van der Waals surface area contributed by atoms with Crippen molar-refractivity contribution in [3.63, 3.8) is 0 Å². The average Bonchev–Trinajstić information content (AvgIpc) is 2.69. The molecule has 0 unspecified atom stereocenters. The van der Waals surface area contributed by atoms with Gasteiger partial charge in [-0.3, -0.25) is 0 Å². The molecule has 1 heterocycles. The molecular formula is C9H10O. The van der Waals surface area contributed by atoms with Crippen LogP contribution >= 0.6 is 0 Å². The molecule has 0 bridgehead atoms. The molecule has 2 atom stereocenters. The highest BCUT2D eigenvalue weighted by atomic mass is 18.4. The van der Waals surface area contributed by atoms with E-state index in [1.165, 1.54) is 5.56 Å². The van der Waals surface area contributed by atoms with Crippen LogP contribution in [0.15, 0.2) is 30.3 Å². The van der Waals surface area contributed by atoms with Crippen LogP contribution in [0.5, 0.6) is 0 Å². The summed E-state index contributed by atoms with van der Waals surface area (Å²) in [6.45, 7) is 2.09. The highest BCUT2D eigenvalue weighted by molar-refractivity contribution is 5.21. The second-order valence-electron chi connectivity index (χ2n) is 2.67. The second kappa shape index (κ2) is 2.10. The summed E-state index contributed by atoms with van der Waals surface area (Å²) in [7, 11) is 0. The third kappa shape index (κ3) is 0.929. The Hall–Kier alpha value is -0.820. The summed E-state index contributed by atoms with van der Waals surface area (Å²) in [6.07, 6.45) is 0.809. The molecule has 52 valence electrons. The Kier molecular flexibility index (Phi) is 1.24. The average molecular weight is 136 g/mol. The van der Waals surface area contributed by atoms with Crippen molar-refractivity contribution in [2.75, 3.05) is 0 Å². The highest BCUT2D eigenvalue weighted by Crippen LogP contribution is 2.37. The zero-order valence-corrected chi connectivity index (χ0v) is 5.95. The molecule has 1 aliphatic rings. The third-order valence-electron chi connectivity index (χ3n) is 1.84. The fraction of sp³-hybridized carbons (Fsp3) is 0.333. The van der Waals surface area contributed by atoms with E-state index in [1.54, 1.807) is 0 Å². The number of ether oxygens (including phenoxy) is 1. The standard InChI is InChI=1S/C9H10O/c1-7-9(10-7)8-5-3-2-4-6-8/h2-7,9H,1H3/t7-,9-/m1/s1/i10+2. The van der Waals surface area contributed by atoms with E-state index >= 15 is 0 Å². The van der Waals surface area contributed by atoms with Crippen molar-refractivity contribution in [1.29, 1.82) is 0 Å². The van der Waals surface area contributed by atoms with E-state index in [0.717, 1.165) is 0 Å². The zero-order chi connectivity index (χ0) is 6.97. The number of rotatable bonds is 1. The molecule has 1 aliphatic heterocycles. The lowest BCUT2D eigenvalue weighted by molar-refractivity contribution is 0.383. The first-order valence-corrected chi connectivity index (χ1v) is 3.58. The Balaban J connectivity index is 2.20. The third-order valence-corrected chi connectivity index (χ3v) is 1.84. The van der Waals surface area contributed by atoms with Crippen molar-refractivity contribution in [3.8, 4) is 0 Å². The van der Waals surface area contributed by atoms with Crippen LogP contribution in [0.25, 0.3) is 0 Å². The summed E-state index contributed by atoms with van der Waals surface area (Å²) < 4.78 is 5.30. The highest BCUT2D eigenvalue weighted by Gasteiger charge is 2.35. The van der Waals surface area contributed by atoms with Gasteiger partial charge in [0.25, 0.3) is 0 Å². The smallest absolute Gasteiger partial charge is 0.109 e. The molecule has 1 aromatic carbocycles. The number of epoxide rings is 1. The van der Waals surface area contributed by atoms with Crippen LogP contribution in [0.2, 0.25) is 0 Å². The van der Waals surface area contributed by atoms with E-state index in [1.807, 2.05) is 18.2 Å². The van der Waals surface area contributed by atoms with E-state index in [-0.39, 0.29) is 0 Å². The Morgan fingerprint density at radius 2 is 1.80 bits per heavy atom. The predicted octanol–water partition coefficient (Wildman–Crippen LogP) is 2.15. The lowest BCUT2D eigenvalue weighted by Crippen LogP contribution is -1.80. The van der Waals surface area contributed by atoms with E-state index in [0.29, 0.717) is 12.2 Å². The van der Waals surface area contributed by atoms with Crippen molar-refractivity contribution in [2.24, 2.45) is 0 Å². The lowest BCUT2D eigenvalue weighted by atomic mass is 10.1. The van der Waals surface area contributed by atoms with Crippen molar-refractivity contribution >= 4 is 0 Å². The zero-order valence-electron chi connectivity index (χ0n) is 5.95. The van der Waals surface area contributed by atoms with Crippen LogP contribution in [0.4, 0.5) is 0 Å². The minimum Gasteiger partial charge on any atom is -0.365 e. The van der Waals surface area contributed by atoms with Crippen molar-refractivity contribution < 1.29 is 4.74 Å². The second-order valence-corrected chi connectivity index (χ2v) is 2.67. The van der Waals surface area contributed by atoms with Gasteiger partial charge in [-0.15, -0.1) is 0 Å². The summed E-state index contributed by atoms with van der Waals surface area (Å²) in [5, 5.41) is 0. The Morgan fingerprint density at radius 3 is 2.30 bits per heavy atom. The molecule has 10 heavy (non-hydrogen) atoms. The molecule has 1 heteroatoms. The van der Waals surface area contributed by atoms with Gasteiger partial charge in [0.1, 0.15) is 6.10 Å². The molecule has 1 fully saturated rings. The van der Waals surface area contributed by atoms with Crippen LogP contribution in [0.3, 0.4) is 0 Å². The minimum atomic E-state index is 0.376. The first-order chi connectivity index (χ1) is 4.88. The van der Waals surface area contributed by atoms with E-state index in [4.69, 9.17) is 4.74 Å². The van der Waals surface area contributed by atoms with Gasteiger partial charge in [0.2, 0.25) is 0 Å². The molecule has 0 spiro atoms. The van der Waals surface area contributed by atoms with Crippen molar-refractivity contribution in [2.45, 2.75) is 19.1 Å². The van der Waals surface area contributed by atoms with Gasteiger partial charge in [0, 0.05) is 0 Å². The van der Waals surface area contributed by atoms with Gasteiger partial charge in [-0.2, -0.15) is 0 Å². The SMILES string of the molecule is C[C@H]1[18O][C@H]1c1ccccc1. The largest absolute Gasteiger partial charge is 0.365 e. The first-order valence-electron chi connectivity index (χ1n) is 3.58. The molecule has 0 N–H and O–H groups in total. The molecular weight excluding hydrogens is 126 g/mol. The van der Waals surface area contributed by atoms with E-state index < -0.39 is 0 Å². The van der Waals surface area contributed by atoms with Gasteiger partial charge in [-0.1, -0.05) is 30.3 Å². The molecule has 0 aromatic heterocycles. The van der Waals surface area contributed by atoms with Crippen molar-refractivity contribution in [3.05, 3.63) is 35.9 Å². The monoisotopic (exact) mass is 136 g/mol. The number of hydrogen-bond acceptors (Lipinski definition) is 1. The van der Waals surface area contributed by atoms with Crippen LogP contribution in [-0.4, -0.2) is 6.10 Å². The normalized spacial score (nSPS) is 30.1. The summed E-state index contributed by atoms with van der Waals surface area (Å²) in [6, 6.07) is 10.3. The quantitative estimate of drug-likeness (QED) is 0.425. The Morgan fingerprint density at radius 1 is 1.20 bits per heavy atom. The van der Waals surface area contributed by atoms with Crippen molar-refractivity contribution in [1.82, 2.24) is 0 Å². The van der Waals surface area contributed by atoms with Crippen LogP contribution in [0, 0.1) is 0 Å². The molecule has 2 rings (SSSR count). The van der Waals surface area contributed by atoms with Gasteiger partial charge in [-0.25, -0.2) is 0 Å². The van der Waals surface area contributed by atoms with Gasteiger partial charge in [-0.05, 0) is 12.5 Å². The minimum absolute atomic E-state index is 0.376. The maximum atomic E-state index is 5.30. The van der Waals surface area contributed by atoms with Crippen LogP contribution < -0.4 is 0 Å². The lowest BCUT2D eigenvalue weighted by Gasteiger charge is -1.90. The predicted molar refractivity (Wildman–Crippen MR) is 39.7 cm³/mol. The van der Waals surface area contributed by atoms with Gasteiger partial charge in [0.15, 0.2) is 0 Å². The van der Waals surface area contributed by atoms with Crippen LogP contribution in [0.1, 0.15) is 18.6 Å². The maximum absolute atomic E-state index is 5.30. The van der Waals surface area contributed by atoms with Crippen LogP contribution in [-0.2, 0) is 4.74 Å². The van der Waals surface area contributed by atoms with Gasteiger partial charge < -0.3 is 4.74 Å². The topological polar surface area (TPSA) is 12.5 Å². The Labute approximate surface area is 60.6 Å². The molecule has 1 saturated heterocycles. The summed E-state index contributed by atoms with van der Waals surface area (Å²) in [5.74, 6) is 0. The van der Waals surface area contributed by atoms with E-state index in [2.05, 4.69) is 19.1 Å².